The second kappa shape index (κ2) is 9.65. The van der Waals surface area contributed by atoms with E-state index in [1.165, 1.54) is 25.0 Å². The molecule has 0 aromatic heterocycles. The number of nitrogens with one attached hydrogen (secondary N) is 2. The number of hydrogen-bond donors (Lipinski definition) is 2. The highest BCUT2D eigenvalue weighted by molar-refractivity contribution is 14.0. The van der Waals surface area contributed by atoms with Crippen molar-refractivity contribution in [3.63, 3.8) is 0 Å². The molecule has 9 heteroatoms. The molecule has 0 radical (unpaired) electrons. The van der Waals surface area contributed by atoms with E-state index < -0.39 is 10.0 Å². The number of hydrogen-bond acceptors (Lipinski definition) is 3. The average Bonchev–Trinajstić information content (AvgIpc) is 3.01. The molecular weight excluding hydrogens is 451 g/mol. The van der Waals surface area contributed by atoms with Crippen molar-refractivity contribution in [3.8, 4) is 0 Å². The highest BCUT2D eigenvalue weighted by Crippen LogP contribution is 2.14. The molecular formula is C14H22ClIN4O2S. The van der Waals surface area contributed by atoms with Crippen LogP contribution >= 0.6 is 35.6 Å². The summed E-state index contributed by atoms with van der Waals surface area (Å²) in [6, 6.07) is 6.21. The minimum atomic E-state index is -3.53. The lowest BCUT2D eigenvalue weighted by atomic mass is 10.4. The number of nitrogens with zero attached hydrogens (tertiary/aromatic N) is 2. The van der Waals surface area contributed by atoms with E-state index in [0.29, 0.717) is 11.6 Å². The number of guanidine groups is 1. The third-order valence-electron chi connectivity index (χ3n) is 3.42. The first kappa shape index (κ1) is 20.5. The number of rotatable bonds is 5. The molecule has 6 nitrogen and oxygen atoms in total. The van der Waals surface area contributed by atoms with Gasteiger partial charge in [0.05, 0.1) is 4.90 Å². The van der Waals surface area contributed by atoms with Crippen LogP contribution in [0.5, 0.6) is 0 Å². The molecule has 0 aliphatic carbocycles. The maximum absolute atomic E-state index is 12.1. The maximum Gasteiger partial charge on any atom is 0.240 e. The molecule has 2 N–H and O–H groups in total. The summed E-state index contributed by atoms with van der Waals surface area (Å²) in [5, 5.41) is 3.57. The summed E-state index contributed by atoms with van der Waals surface area (Å²) >= 11 is 5.82. The molecule has 1 heterocycles. The highest BCUT2D eigenvalue weighted by Gasteiger charge is 2.16. The highest BCUT2D eigenvalue weighted by atomic mass is 127. The molecule has 0 bridgehead atoms. The Morgan fingerprint density at radius 2 is 2.00 bits per heavy atom. The van der Waals surface area contributed by atoms with Crippen molar-refractivity contribution in [1.82, 2.24) is 14.9 Å². The third-order valence-corrected chi connectivity index (χ3v) is 5.12. The molecule has 0 spiro atoms. The predicted octanol–water partition coefficient (Wildman–Crippen LogP) is 1.91. The van der Waals surface area contributed by atoms with Crippen molar-refractivity contribution in [2.75, 3.05) is 33.2 Å². The van der Waals surface area contributed by atoms with E-state index in [9.17, 15) is 8.42 Å². The molecule has 1 aliphatic heterocycles. The lowest BCUT2D eigenvalue weighted by molar-refractivity contribution is 0.493. The Morgan fingerprint density at radius 3 is 2.61 bits per heavy atom. The van der Waals surface area contributed by atoms with E-state index in [-0.39, 0.29) is 35.4 Å². The van der Waals surface area contributed by atoms with Crippen LogP contribution in [0.4, 0.5) is 0 Å². The summed E-state index contributed by atoms with van der Waals surface area (Å²) in [4.78, 5) is 6.55. The van der Waals surface area contributed by atoms with Gasteiger partial charge in [0.2, 0.25) is 10.0 Å². The topological polar surface area (TPSA) is 73.8 Å². The van der Waals surface area contributed by atoms with Gasteiger partial charge in [-0.15, -0.1) is 24.0 Å². The molecule has 1 saturated heterocycles. The minimum absolute atomic E-state index is 0. The summed E-state index contributed by atoms with van der Waals surface area (Å²) in [6.45, 7) is 2.74. The number of likely N-dealkylation sites (tertiary alicyclic amines) is 1. The molecule has 1 aromatic rings. The molecule has 0 unspecified atom stereocenters. The van der Waals surface area contributed by atoms with Crippen molar-refractivity contribution >= 4 is 51.6 Å². The van der Waals surface area contributed by atoms with Gasteiger partial charge in [0.25, 0.3) is 0 Å². The lowest BCUT2D eigenvalue weighted by Gasteiger charge is -2.20. The van der Waals surface area contributed by atoms with E-state index >= 15 is 0 Å². The van der Waals surface area contributed by atoms with Crippen LogP contribution in [-0.4, -0.2) is 52.5 Å². The molecule has 1 aliphatic rings. The van der Waals surface area contributed by atoms with Crippen LogP contribution in [0.2, 0.25) is 5.02 Å². The SMILES string of the molecule is CN=C(NCCNS(=O)(=O)c1cccc(Cl)c1)N1CCCC1.I. The Labute approximate surface area is 159 Å². The summed E-state index contributed by atoms with van der Waals surface area (Å²) < 4.78 is 26.8. The molecule has 0 saturated carbocycles. The largest absolute Gasteiger partial charge is 0.355 e. The summed E-state index contributed by atoms with van der Waals surface area (Å²) in [5.41, 5.74) is 0. The minimum Gasteiger partial charge on any atom is -0.355 e. The van der Waals surface area contributed by atoms with Crippen LogP contribution in [0.3, 0.4) is 0 Å². The Kier molecular flexibility index (Phi) is 8.59. The van der Waals surface area contributed by atoms with Gasteiger partial charge in [-0.2, -0.15) is 0 Å². The summed E-state index contributed by atoms with van der Waals surface area (Å²) in [5.74, 6) is 0.819. The number of halogens is 2. The Morgan fingerprint density at radius 1 is 1.30 bits per heavy atom. The molecule has 23 heavy (non-hydrogen) atoms. The van der Waals surface area contributed by atoms with Crippen LogP contribution in [0, 0.1) is 0 Å². The molecule has 130 valence electrons. The second-order valence-corrected chi connectivity index (χ2v) is 7.23. The van der Waals surface area contributed by atoms with Gasteiger partial charge in [-0.3, -0.25) is 4.99 Å². The van der Waals surface area contributed by atoms with Gasteiger partial charge in [0, 0.05) is 38.2 Å². The Hall–Kier alpha value is -0.580. The fraction of sp³-hybridized carbons (Fsp3) is 0.500. The lowest BCUT2D eigenvalue weighted by Crippen LogP contribution is -2.42. The first-order chi connectivity index (χ1) is 10.5. The molecule has 0 amide bonds. The second-order valence-electron chi connectivity index (χ2n) is 5.02. The molecule has 1 fully saturated rings. The maximum atomic E-state index is 12.1. The van der Waals surface area contributed by atoms with Gasteiger partial charge in [-0.25, -0.2) is 13.1 Å². The van der Waals surface area contributed by atoms with Crippen molar-refractivity contribution in [3.05, 3.63) is 29.3 Å². The van der Waals surface area contributed by atoms with Crippen molar-refractivity contribution in [1.29, 1.82) is 0 Å². The summed E-state index contributed by atoms with van der Waals surface area (Å²) in [7, 11) is -1.80. The third kappa shape index (κ3) is 6.09. The molecule has 1 aromatic carbocycles. The molecule has 0 atom stereocenters. The zero-order valence-electron chi connectivity index (χ0n) is 13.0. The van der Waals surface area contributed by atoms with Crippen molar-refractivity contribution in [2.45, 2.75) is 17.7 Å². The van der Waals surface area contributed by atoms with Gasteiger partial charge in [0.1, 0.15) is 0 Å². The smallest absolute Gasteiger partial charge is 0.240 e. The fourth-order valence-corrected chi connectivity index (χ4v) is 3.67. The Bertz CT molecular complexity index is 633. The normalized spacial score (nSPS) is 15.4. The Balaban J connectivity index is 0.00000264. The van der Waals surface area contributed by atoms with E-state index in [0.717, 1.165) is 19.0 Å². The van der Waals surface area contributed by atoms with Gasteiger partial charge in [-0.1, -0.05) is 17.7 Å². The average molecular weight is 473 g/mol. The van der Waals surface area contributed by atoms with Crippen LogP contribution in [-0.2, 0) is 10.0 Å². The zero-order chi connectivity index (χ0) is 16.0. The van der Waals surface area contributed by atoms with Crippen molar-refractivity contribution < 1.29 is 8.42 Å². The van der Waals surface area contributed by atoms with Crippen LogP contribution in [0.1, 0.15) is 12.8 Å². The van der Waals surface area contributed by atoms with E-state index in [1.807, 2.05) is 0 Å². The van der Waals surface area contributed by atoms with E-state index in [2.05, 4.69) is 19.9 Å². The molecule has 2 rings (SSSR count). The number of sulfonamides is 1. The fourth-order valence-electron chi connectivity index (χ4n) is 2.34. The standard InChI is InChI=1S/C14H21ClN4O2S.HI/c1-16-14(19-9-2-3-10-19)17-7-8-18-22(20,21)13-6-4-5-12(15)11-13;/h4-6,11,18H,2-3,7-10H2,1H3,(H,16,17);1H. The van der Waals surface area contributed by atoms with Crippen LogP contribution in [0.15, 0.2) is 34.2 Å². The van der Waals surface area contributed by atoms with E-state index in [1.54, 1.807) is 19.2 Å². The quantitative estimate of drug-likeness (QED) is 0.297. The van der Waals surface area contributed by atoms with Crippen LogP contribution < -0.4 is 10.0 Å². The van der Waals surface area contributed by atoms with Crippen molar-refractivity contribution in [2.24, 2.45) is 4.99 Å². The van der Waals surface area contributed by atoms with Gasteiger partial charge in [0.15, 0.2) is 5.96 Å². The first-order valence-corrected chi connectivity index (χ1v) is 9.10. The number of benzene rings is 1. The predicted molar refractivity (Wildman–Crippen MR) is 104 cm³/mol. The van der Waals surface area contributed by atoms with Gasteiger partial charge < -0.3 is 10.2 Å². The monoisotopic (exact) mass is 472 g/mol. The van der Waals surface area contributed by atoms with Gasteiger partial charge in [-0.05, 0) is 31.0 Å². The van der Waals surface area contributed by atoms with Gasteiger partial charge >= 0.3 is 0 Å². The summed E-state index contributed by atoms with van der Waals surface area (Å²) in [6.07, 6.45) is 2.34. The number of aliphatic imine (C=N–C) groups is 1. The zero-order valence-corrected chi connectivity index (χ0v) is 16.9. The van der Waals surface area contributed by atoms with Crippen LogP contribution in [0.25, 0.3) is 0 Å². The first-order valence-electron chi connectivity index (χ1n) is 7.24. The van der Waals surface area contributed by atoms with E-state index in [4.69, 9.17) is 11.6 Å².